The van der Waals surface area contributed by atoms with Crippen molar-refractivity contribution >= 4 is 16.8 Å². The number of hydrogen-bond donors (Lipinski definition) is 1. The van der Waals surface area contributed by atoms with E-state index in [1.54, 1.807) is 14.2 Å². The van der Waals surface area contributed by atoms with Crippen LogP contribution in [0.25, 0.3) is 10.8 Å². The third-order valence-electron chi connectivity index (χ3n) is 5.18. The number of hydrogen-bond acceptors (Lipinski definition) is 4. The summed E-state index contributed by atoms with van der Waals surface area (Å²) >= 11 is 0. The molecule has 1 fully saturated rings. The average molecular weight is 371 g/mol. The third kappa shape index (κ3) is 4.90. The zero-order valence-corrected chi connectivity index (χ0v) is 16.4. The first kappa shape index (κ1) is 19.5. The Morgan fingerprint density at radius 3 is 2.48 bits per heavy atom. The lowest BCUT2D eigenvalue weighted by molar-refractivity contribution is 0.105. The predicted molar refractivity (Wildman–Crippen MR) is 107 cm³/mol. The highest BCUT2D eigenvalue weighted by atomic mass is 16.5. The molecule has 1 heterocycles. The van der Waals surface area contributed by atoms with E-state index in [-0.39, 0.29) is 12.1 Å². The molecule has 1 atom stereocenters. The molecular formula is C21H29N3O3. The Labute approximate surface area is 161 Å². The Kier molecular flexibility index (Phi) is 6.53. The first-order chi connectivity index (χ1) is 13.1. The van der Waals surface area contributed by atoms with E-state index in [0.29, 0.717) is 0 Å². The molecule has 6 heteroatoms. The second-order valence-corrected chi connectivity index (χ2v) is 6.97. The van der Waals surface area contributed by atoms with Crippen LogP contribution in [0.3, 0.4) is 0 Å². The Morgan fingerprint density at radius 1 is 1.07 bits per heavy atom. The number of nitrogens with one attached hydrogen (secondary N) is 1. The lowest BCUT2D eigenvalue weighted by Crippen LogP contribution is -2.52. The Balaban J connectivity index is 1.57. The molecule has 0 spiro atoms. The van der Waals surface area contributed by atoms with Gasteiger partial charge >= 0.3 is 6.03 Å². The Bertz CT molecular complexity index is 772. The summed E-state index contributed by atoms with van der Waals surface area (Å²) in [6, 6.07) is 12.2. The average Bonchev–Trinajstić information content (AvgIpc) is 2.71. The molecule has 2 aromatic rings. The molecule has 146 valence electrons. The maximum atomic E-state index is 12.6. The van der Waals surface area contributed by atoms with Crippen molar-refractivity contribution in [3.05, 3.63) is 42.0 Å². The van der Waals surface area contributed by atoms with E-state index in [1.165, 1.54) is 0 Å². The smallest absolute Gasteiger partial charge is 0.317 e. The van der Waals surface area contributed by atoms with Crippen molar-refractivity contribution in [3.63, 3.8) is 0 Å². The lowest BCUT2D eigenvalue weighted by Gasteiger charge is -2.35. The molecule has 0 aliphatic carbocycles. The Morgan fingerprint density at radius 2 is 1.78 bits per heavy atom. The number of fused-ring (bicyclic) bond motifs is 1. The number of carbonyl (C=O) groups excluding carboxylic acids is 1. The van der Waals surface area contributed by atoms with Crippen LogP contribution in [0.1, 0.15) is 18.5 Å². The molecule has 1 unspecified atom stereocenters. The maximum Gasteiger partial charge on any atom is 0.317 e. The quantitative estimate of drug-likeness (QED) is 0.848. The van der Waals surface area contributed by atoms with E-state index >= 15 is 0 Å². The molecule has 6 nitrogen and oxygen atoms in total. The fourth-order valence-corrected chi connectivity index (χ4v) is 3.39. The minimum Gasteiger partial charge on any atom is -0.497 e. The van der Waals surface area contributed by atoms with Crippen LogP contribution in [0.4, 0.5) is 4.79 Å². The number of carbonyl (C=O) groups is 1. The second-order valence-electron chi connectivity index (χ2n) is 6.97. The van der Waals surface area contributed by atoms with Crippen molar-refractivity contribution in [1.82, 2.24) is 15.1 Å². The van der Waals surface area contributed by atoms with Crippen molar-refractivity contribution in [2.45, 2.75) is 13.0 Å². The molecule has 1 aliphatic heterocycles. The summed E-state index contributed by atoms with van der Waals surface area (Å²) in [7, 11) is 3.39. The van der Waals surface area contributed by atoms with Crippen LogP contribution in [0.15, 0.2) is 36.4 Å². The number of methoxy groups -OCH3 is 2. The van der Waals surface area contributed by atoms with E-state index in [2.05, 4.69) is 28.4 Å². The van der Waals surface area contributed by atoms with Crippen LogP contribution in [-0.4, -0.2) is 69.4 Å². The van der Waals surface area contributed by atoms with E-state index in [0.717, 1.165) is 61.4 Å². The number of urea groups is 1. The number of amides is 2. The highest BCUT2D eigenvalue weighted by Gasteiger charge is 2.22. The van der Waals surface area contributed by atoms with E-state index in [1.807, 2.05) is 30.0 Å². The van der Waals surface area contributed by atoms with Gasteiger partial charge in [0.25, 0.3) is 0 Å². The summed E-state index contributed by atoms with van der Waals surface area (Å²) in [5.74, 6) is 0.848. The molecule has 1 aliphatic rings. The number of benzene rings is 2. The molecule has 2 aromatic carbocycles. The largest absolute Gasteiger partial charge is 0.497 e. The summed E-state index contributed by atoms with van der Waals surface area (Å²) in [5.41, 5.74) is 1.10. The van der Waals surface area contributed by atoms with Gasteiger partial charge in [-0.05, 0) is 41.5 Å². The highest BCUT2D eigenvalue weighted by molar-refractivity contribution is 5.85. The minimum atomic E-state index is -0.0458. The van der Waals surface area contributed by atoms with Crippen molar-refractivity contribution in [2.75, 3.05) is 53.6 Å². The molecule has 0 bridgehead atoms. The fraction of sp³-hybridized carbons (Fsp3) is 0.476. The summed E-state index contributed by atoms with van der Waals surface area (Å²) in [5, 5.41) is 5.40. The van der Waals surface area contributed by atoms with Crippen molar-refractivity contribution in [2.24, 2.45) is 0 Å². The summed E-state index contributed by atoms with van der Waals surface area (Å²) in [6.07, 6.45) is 0. The maximum absolute atomic E-state index is 12.6. The van der Waals surface area contributed by atoms with E-state index < -0.39 is 0 Å². The van der Waals surface area contributed by atoms with Crippen LogP contribution >= 0.6 is 0 Å². The van der Waals surface area contributed by atoms with Crippen molar-refractivity contribution < 1.29 is 14.3 Å². The van der Waals surface area contributed by atoms with Gasteiger partial charge in [0, 0.05) is 39.8 Å². The summed E-state index contributed by atoms with van der Waals surface area (Å²) < 4.78 is 10.4. The van der Waals surface area contributed by atoms with Gasteiger partial charge in [0.05, 0.1) is 19.8 Å². The standard InChI is InChI=1S/C21H29N3O3/c1-16(17-4-5-19-15-20(27-3)7-6-18(19)14-17)22-21(25)24-10-8-23(9-11-24)12-13-26-2/h4-7,14-16H,8-13H2,1-3H3,(H,22,25). The van der Waals surface area contributed by atoms with Crippen molar-refractivity contribution in [1.29, 1.82) is 0 Å². The Hall–Kier alpha value is -2.31. The highest BCUT2D eigenvalue weighted by Crippen LogP contribution is 2.24. The van der Waals surface area contributed by atoms with E-state index in [9.17, 15) is 4.79 Å². The van der Waals surface area contributed by atoms with Crippen LogP contribution < -0.4 is 10.1 Å². The van der Waals surface area contributed by atoms with Gasteiger partial charge in [0.2, 0.25) is 0 Å². The summed E-state index contributed by atoms with van der Waals surface area (Å²) in [4.78, 5) is 16.8. The number of rotatable bonds is 6. The van der Waals surface area contributed by atoms with Gasteiger partial charge in [-0.2, -0.15) is 0 Å². The topological polar surface area (TPSA) is 54.0 Å². The second kappa shape index (κ2) is 9.06. The summed E-state index contributed by atoms with van der Waals surface area (Å²) in [6.45, 7) is 6.96. The van der Waals surface area contributed by atoms with Crippen LogP contribution in [-0.2, 0) is 4.74 Å². The van der Waals surface area contributed by atoms with Gasteiger partial charge in [0.1, 0.15) is 5.75 Å². The van der Waals surface area contributed by atoms with Gasteiger partial charge in [0.15, 0.2) is 0 Å². The third-order valence-corrected chi connectivity index (χ3v) is 5.18. The molecule has 1 N–H and O–H groups in total. The molecule has 3 rings (SSSR count). The number of ether oxygens (including phenoxy) is 2. The van der Waals surface area contributed by atoms with Crippen molar-refractivity contribution in [3.8, 4) is 5.75 Å². The van der Waals surface area contributed by atoms with Crippen LogP contribution in [0.2, 0.25) is 0 Å². The molecular weight excluding hydrogens is 342 g/mol. The molecule has 0 aromatic heterocycles. The molecule has 2 amide bonds. The lowest BCUT2D eigenvalue weighted by atomic mass is 10.0. The van der Waals surface area contributed by atoms with Gasteiger partial charge < -0.3 is 19.7 Å². The fourth-order valence-electron chi connectivity index (χ4n) is 3.39. The monoisotopic (exact) mass is 371 g/mol. The first-order valence-electron chi connectivity index (χ1n) is 9.45. The molecule has 27 heavy (non-hydrogen) atoms. The first-order valence-corrected chi connectivity index (χ1v) is 9.45. The molecule has 0 radical (unpaired) electrons. The van der Waals surface area contributed by atoms with Crippen LogP contribution in [0.5, 0.6) is 5.75 Å². The SMILES string of the molecule is COCCN1CCN(C(=O)NC(C)c2ccc3cc(OC)ccc3c2)CC1. The van der Waals surface area contributed by atoms with Gasteiger partial charge in [-0.25, -0.2) is 4.79 Å². The predicted octanol–water partition coefficient (Wildman–Crippen LogP) is 2.88. The van der Waals surface area contributed by atoms with Gasteiger partial charge in [-0.3, -0.25) is 4.90 Å². The van der Waals surface area contributed by atoms with E-state index in [4.69, 9.17) is 9.47 Å². The zero-order valence-electron chi connectivity index (χ0n) is 16.4. The number of piperazine rings is 1. The zero-order chi connectivity index (χ0) is 19.2. The minimum absolute atomic E-state index is 0.00344. The van der Waals surface area contributed by atoms with Gasteiger partial charge in [-0.1, -0.05) is 18.2 Å². The molecule has 1 saturated heterocycles. The van der Waals surface area contributed by atoms with Crippen LogP contribution in [0, 0.1) is 0 Å². The number of nitrogens with zero attached hydrogens (tertiary/aromatic N) is 2. The van der Waals surface area contributed by atoms with Gasteiger partial charge in [-0.15, -0.1) is 0 Å². The molecule has 0 saturated carbocycles. The normalized spacial score (nSPS) is 16.3.